The molecule has 0 aliphatic carbocycles. The second-order valence-electron chi connectivity index (χ2n) is 2.80. The van der Waals surface area contributed by atoms with Crippen LogP contribution < -0.4 is 5.32 Å². The highest BCUT2D eigenvalue weighted by molar-refractivity contribution is 9.10. The number of nitrogens with zero attached hydrogens (tertiary/aromatic N) is 1. The number of carbonyl (C=O) groups excluding carboxylic acids is 1. The predicted octanol–water partition coefficient (Wildman–Crippen LogP) is 2.10. The summed E-state index contributed by atoms with van der Waals surface area (Å²) >= 11 is 3.31. The number of likely N-dealkylation sites (N-methyl/N-ethyl adjacent to an activating group) is 1. The molecule has 4 heteroatoms. The number of nitrogens with one attached hydrogen (secondary N) is 1. The minimum atomic E-state index is -0.375. The van der Waals surface area contributed by atoms with Crippen LogP contribution in [0.5, 0.6) is 0 Å². The van der Waals surface area contributed by atoms with Crippen molar-refractivity contribution < 1.29 is 4.79 Å². The Morgan fingerprint density at radius 3 is 2.53 bits per heavy atom. The number of hydrogen-bond donors (Lipinski definition) is 1. The van der Waals surface area contributed by atoms with E-state index in [0.29, 0.717) is 0 Å². The largest absolute Gasteiger partial charge is 0.354 e. The number of rotatable bonds is 2. The van der Waals surface area contributed by atoms with Crippen molar-refractivity contribution in [3.8, 4) is 6.07 Å². The lowest BCUT2D eigenvalue weighted by molar-refractivity contribution is -0.116. The van der Waals surface area contributed by atoms with E-state index in [4.69, 9.17) is 5.26 Å². The molecule has 1 aromatic rings. The van der Waals surface area contributed by atoms with Gasteiger partial charge in [-0.3, -0.25) is 4.79 Å². The number of hydrogen-bond acceptors (Lipinski definition) is 2. The van der Waals surface area contributed by atoms with Crippen molar-refractivity contribution in [1.29, 1.82) is 5.26 Å². The fraction of sp³-hybridized carbons (Fsp3) is 0.0909. The Kier molecular flexibility index (Phi) is 4.07. The summed E-state index contributed by atoms with van der Waals surface area (Å²) in [7, 11) is 1.50. The summed E-state index contributed by atoms with van der Waals surface area (Å²) < 4.78 is 0.957. The number of amides is 1. The SMILES string of the molecule is CNC(=O)/C(C#N)=C/c1ccc(Br)cc1. The Morgan fingerprint density at radius 1 is 1.47 bits per heavy atom. The highest BCUT2D eigenvalue weighted by Crippen LogP contribution is 2.13. The summed E-state index contributed by atoms with van der Waals surface area (Å²) in [5, 5.41) is 11.2. The molecule has 1 aromatic carbocycles. The highest BCUT2D eigenvalue weighted by atomic mass is 79.9. The third-order valence-electron chi connectivity index (χ3n) is 1.77. The summed E-state index contributed by atoms with van der Waals surface area (Å²) in [6.45, 7) is 0. The third-order valence-corrected chi connectivity index (χ3v) is 2.30. The Balaban J connectivity index is 3.00. The van der Waals surface area contributed by atoms with Gasteiger partial charge in [0.1, 0.15) is 11.6 Å². The quantitative estimate of drug-likeness (QED) is 0.657. The first-order chi connectivity index (χ1) is 7.17. The first kappa shape index (κ1) is 11.5. The van der Waals surface area contributed by atoms with Gasteiger partial charge in [0, 0.05) is 11.5 Å². The molecule has 3 nitrogen and oxygen atoms in total. The maximum absolute atomic E-state index is 11.2. The Bertz CT molecular complexity index is 429. The molecule has 0 aliphatic heterocycles. The Labute approximate surface area is 96.5 Å². The van der Waals surface area contributed by atoms with E-state index in [0.717, 1.165) is 10.0 Å². The first-order valence-electron chi connectivity index (χ1n) is 4.27. The topological polar surface area (TPSA) is 52.9 Å². The number of halogens is 1. The molecular weight excluding hydrogens is 256 g/mol. The van der Waals surface area contributed by atoms with Crippen molar-refractivity contribution in [3.63, 3.8) is 0 Å². The second kappa shape index (κ2) is 5.32. The molecule has 1 rings (SSSR count). The molecule has 0 spiro atoms. The number of carbonyl (C=O) groups is 1. The van der Waals surface area contributed by atoms with Crippen molar-refractivity contribution in [2.45, 2.75) is 0 Å². The van der Waals surface area contributed by atoms with Crippen LogP contribution in [0.15, 0.2) is 34.3 Å². The van der Waals surface area contributed by atoms with Gasteiger partial charge >= 0.3 is 0 Å². The molecule has 0 heterocycles. The van der Waals surface area contributed by atoms with Gasteiger partial charge in [-0.05, 0) is 23.8 Å². The van der Waals surface area contributed by atoms with Crippen LogP contribution in [0.1, 0.15) is 5.56 Å². The lowest BCUT2D eigenvalue weighted by Gasteiger charge is -1.97. The molecule has 15 heavy (non-hydrogen) atoms. The van der Waals surface area contributed by atoms with Gasteiger partial charge < -0.3 is 5.32 Å². The Morgan fingerprint density at radius 2 is 2.07 bits per heavy atom. The Hall–Kier alpha value is -1.60. The van der Waals surface area contributed by atoms with Crippen molar-refractivity contribution >= 4 is 27.9 Å². The molecule has 0 fully saturated rings. The van der Waals surface area contributed by atoms with Crippen LogP contribution in [-0.4, -0.2) is 13.0 Å². The van der Waals surface area contributed by atoms with E-state index < -0.39 is 0 Å². The van der Waals surface area contributed by atoms with E-state index in [9.17, 15) is 4.79 Å². The van der Waals surface area contributed by atoms with Gasteiger partial charge in [-0.2, -0.15) is 5.26 Å². The zero-order chi connectivity index (χ0) is 11.3. The smallest absolute Gasteiger partial charge is 0.261 e. The maximum atomic E-state index is 11.2. The second-order valence-corrected chi connectivity index (χ2v) is 3.72. The molecule has 1 amide bonds. The van der Waals surface area contributed by atoms with E-state index in [1.165, 1.54) is 7.05 Å². The van der Waals surface area contributed by atoms with Gasteiger partial charge in [0.05, 0.1) is 0 Å². The van der Waals surface area contributed by atoms with Gasteiger partial charge in [0.2, 0.25) is 0 Å². The molecule has 0 aliphatic rings. The van der Waals surface area contributed by atoms with Crippen molar-refractivity contribution in [2.24, 2.45) is 0 Å². The van der Waals surface area contributed by atoms with Crippen LogP contribution >= 0.6 is 15.9 Å². The zero-order valence-electron chi connectivity index (χ0n) is 8.12. The average molecular weight is 265 g/mol. The van der Waals surface area contributed by atoms with Crippen LogP contribution in [0.2, 0.25) is 0 Å². The van der Waals surface area contributed by atoms with Crippen molar-refractivity contribution in [2.75, 3.05) is 7.05 Å². The fourth-order valence-electron chi connectivity index (χ4n) is 1.01. The van der Waals surface area contributed by atoms with Crippen LogP contribution in [0.3, 0.4) is 0 Å². The van der Waals surface area contributed by atoms with Crippen LogP contribution in [0.25, 0.3) is 6.08 Å². The summed E-state index contributed by atoms with van der Waals surface area (Å²) in [5.41, 5.74) is 0.915. The molecule has 1 N–H and O–H groups in total. The molecule has 0 atom stereocenters. The molecular formula is C11H9BrN2O. The fourth-order valence-corrected chi connectivity index (χ4v) is 1.27. The van der Waals surface area contributed by atoms with Gasteiger partial charge in [0.25, 0.3) is 5.91 Å². The maximum Gasteiger partial charge on any atom is 0.261 e. The van der Waals surface area contributed by atoms with E-state index in [-0.39, 0.29) is 11.5 Å². The van der Waals surface area contributed by atoms with E-state index in [1.807, 2.05) is 30.3 Å². The third kappa shape index (κ3) is 3.22. The summed E-state index contributed by atoms with van der Waals surface area (Å²) in [6, 6.07) is 9.20. The van der Waals surface area contributed by atoms with Gasteiger partial charge in [0.15, 0.2) is 0 Å². The number of benzene rings is 1. The molecule has 0 bridgehead atoms. The summed E-state index contributed by atoms with van der Waals surface area (Å²) in [4.78, 5) is 11.2. The van der Waals surface area contributed by atoms with Crippen molar-refractivity contribution in [1.82, 2.24) is 5.32 Å². The van der Waals surface area contributed by atoms with Crippen molar-refractivity contribution in [3.05, 3.63) is 39.9 Å². The molecule has 0 aromatic heterocycles. The predicted molar refractivity (Wildman–Crippen MR) is 61.8 cm³/mol. The standard InChI is InChI=1S/C11H9BrN2O/c1-14-11(15)9(7-13)6-8-2-4-10(12)5-3-8/h2-6H,1H3,(H,14,15)/b9-6+. The molecule has 76 valence electrons. The average Bonchev–Trinajstić information content (AvgIpc) is 2.27. The van der Waals surface area contributed by atoms with E-state index in [1.54, 1.807) is 6.08 Å². The highest BCUT2D eigenvalue weighted by Gasteiger charge is 2.05. The van der Waals surface area contributed by atoms with E-state index in [2.05, 4.69) is 21.2 Å². The van der Waals surface area contributed by atoms with Crippen LogP contribution in [0, 0.1) is 11.3 Å². The molecule has 0 unspecified atom stereocenters. The molecule has 0 radical (unpaired) electrons. The minimum absolute atomic E-state index is 0.0971. The molecule has 0 saturated heterocycles. The monoisotopic (exact) mass is 264 g/mol. The first-order valence-corrected chi connectivity index (χ1v) is 5.06. The minimum Gasteiger partial charge on any atom is -0.354 e. The van der Waals surface area contributed by atoms with E-state index >= 15 is 0 Å². The van der Waals surface area contributed by atoms with Gasteiger partial charge in [-0.1, -0.05) is 28.1 Å². The van der Waals surface area contributed by atoms with Gasteiger partial charge in [-0.15, -0.1) is 0 Å². The molecule has 0 saturated carbocycles. The van der Waals surface area contributed by atoms with Gasteiger partial charge in [-0.25, -0.2) is 0 Å². The van der Waals surface area contributed by atoms with Crippen LogP contribution in [-0.2, 0) is 4.79 Å². The van der Waals surface area contributed by atoms with Crippen LogP contribution in [0.4, 0.5) is 0 Å². The normalized spacial score (nSPS) is 10.6. The lowest BCUT2D eigenvalue weighted by atomic mass is 10.1. The summed E-state index contributed by atoms with van der Waals surface area (Å²) in [6.07, 6.45) is 1.55. The summed E-state index contributed by atoms with van der Waals surface area (Å²) in [5.74, 6) is -0.375. The lowest BCUT2D eigenvalue weighted by Crippen LogP contribution is -2.19. The number of nitriles is 1. The zero-order valence-corrected chi connectivity index (χ0v) is 9.71.